The molecule has 4 rings (SSSR count). The van der Waals surface area contributed by atoms with E-state index in [1.165, 1.54) is 38.5 Å². The van der Waals surface area contributed by atoms with E-state index >= 15 is 0 Å². The summed E-state index contributed by atoms with van der Waals surface area (Å²) in [4.78, 5) is 30.5. The van der Waals surface area contributed by atoms with Crippen LogP contribution in [-0.4, -0.2) is 67.5 Å². The Bertz CT molecular complexity index is 1520. The zero-order valence-electron chi connectivity index (χ0n) is 22.5. The van der Waals surface area contributed by atoms with Crippen LogP contribution in [0.25, 0.3) is 27.8 Å². The first kappa shape index (κ1) is 28.4. The summed E-state index contributed by atoms with van der Waals surface area (Å²) in [5, 5.41) is 12.2. The molecule has 4 aromatic rings. The van der Waals surface area contributed by atoms with Gasteiger partial charge in [-0.2, -0.15) is 10.2 Å². The molecule has 14 heteroatoms. The van der Waals surface area contributed by atoms with Crippen LogP contribution in [0.5, 0.6) is 5.75 Å². The quantitative estimate of drug-likeness (QED) is 0.359. The van der Waals surface area contributed by atoms with Crippen LogP contribution in [0, 0.1) is 0 Å². The highest BCUT2D eigenvalue weighted by atomic mass is 19.4. The fourth-order valence-corrected chi connectivity index (χ4v) is 3.79. The second-order valence-electron chi connectivity index (χ2n) is 10.0. The van der Waals surface area contributed by atoms with Gasteiger partial charge in [-0.05, 0) is 56.7 Å². The van der Waals surface area contributed by atoms with Gasteiger partial charge in [0.15, 0.2) is 5.65 Å². The summed E-state index contributed by atoms with van der Waals surface area (Å²) in [5.41, 5.74) is 1.87. The highest BCUT2D eigenvalue weighted by molar-refractivity contribution is 5.95. The molecule has 1 N–H and O–H groups in total. The molecule has 0 unspecified atom stereocenters. The molecule has 0 bridgehead atoms. The summed E-state index contributed by atoms with van der Waals surface area (Å²) in [7, 11) is 3.30. The number of carbonyl (C=O) groups excluding carboxylic acids is 2. The summed E-state index contributed by atoms with van der Waals surface area (Å²) in [6.45, 7) is 5.23. The number of hydrogen-bond donors (Lipinski definition) is 1. The number of alkyl halides is 3. The van der Waals surface area contributed by atoms with Gasteiger partial charge in [-0.1, -0.05) is 0 Å². The van der Waals surface area contributed by atoms with E-state index < -0.39 is 18.1 Å². The number of benzene rings is 1. The zero-order valence-corrected chi connectivity index (χ0v) is 22.5. The average Bonchev–Trinajstić information content (AvgIpc) is 3.46. The largest absolute Gasteiger partial charge is 0.573 e. The number of amides is 2. The fourth-order valence-electron chi connectivity index (χ4n) is 3.79. The Morgan fingerprint density at radius 1 is 1.07 bits per heavy atom. The molecule has 0 aliphatic rings. The maximum atomic E-state index is 12.6. The van der Waals surface area contributed by atoms with Crippen LogP contribution < -0.4 is 10.1 Å². The molecular weight excluding hydrogens is 531 g/mol. The predicted molar refractivity (Wildman–Crippen MR) is 139 cm³/mol. The van der Waals surface area contributed by atoms with Crippen LogP contribution >= 0.6 is 0 Å². The monoisotopic (exact) mass is 559 g/mol. The smallest absolute Gasteiger partial charge is 0.444 e. The molecule has 3 aromatic heterocycles. The van der Waals surface area contributed by atoms with Gasteiger partial charge in [-0.3, -0.25) is 9.48 Å². The molecule has 0 saturated carbocycles. The number of rotatable bonds is 7. The van der Waals surface area contributed by atoms with E-state index in [2.05, 4.69) is 25.2 Å². The number of nitrogens with zero attached hydrogens (tertiary/aromatic N) is 6. The molecule has 0 radical (unpaired) electrons. The van der Waals surface area contributed by atoms with Gasteiger partial charge in [0.1, 0.15) is 17.9 Å². The van der Waals surface area contributed by atoms with E-state index in [0.29, 0.717) is 33.5 Å². The summed E-state index contributed by atoms with van der Waals surface area (Å²) >= 11 is 0. The number of aromatic nitrogens is 5. The Labute approximate surface area is 227 Å². The van der Waals surface area contributed by atoms with Crippen LogP contribution in [0.3, 0.4) is 0 Å². The van der Waals surface area contributed by atoms with Gasteiger partial charge < -0.3 is 19.7 Å². The lowest BCUT2D eigenvalue weighted by atomic mass is 10.1. The van der Waals surface area contributed by atoms with Crippen molar-refractivity contribution in [2.75, 3.05) is 14.1 Å². The highest BCUT2D eigenvalue weighted by Gasteiger charge is 2.31. The van der Waals surface area contributed by atoms with Crippen molar-refractivity contribution in [2.45, 2.75) is 45.8 Å². The third kappa shape index (κ3) is 6.87. The predicted octanol–water partition coefficient (Wildman–Crippen LogP) is 4.30. The highest BCUT2D eigenvalue weighted by Crippen LogP contribution is 2.32. The lowest BCUT2D eigenvalue weighted by Gasteiger charge is -2.19. The Morgan fingerprint density at radius 3 is 2.40 bits per heavy atom. The van der Waals surface area contributed by atoms with Gasteiger partial charge >= 0.3 is 12.5 Å². The van der Waals surface area contributed by atoms with Gasteiger partial charge in [-0.25, -0.2) is 14.5 Å². The molecule has 0 aliphatic heterocycles. The topological polar surface area (TPSA) is 116 Å². The van der Waals surface area contributed by atoms with Crippen molar-refractivity contribution in [1.29, 1.82) is 0 Å². The molecule has 0 atom stereocenters. The number of fused-ring (bicyclic) bond motifs is 1. The second kappa shape index (κ2) is 10.9. The molecule has 11 nitrogen and oxygen atoms in total. The lowest BCUT2D eigenvalue weighted by molar-refractivity contribution is -0.274. The number of hydrogen-bond acceptors (Lipinski definition) is 7. The van der Waals surface area contributed by atoms with Crippen LogP contribution in [0.15, 0.2) is 48.9 Å². The lowest BCUT2D eigenvalue weighted by Crippen LogP contribution is -2.32. The van der Waals surface area contributed by atoms with Crippen molar-refractivity contribution in [3.63, 3.8) is 0 Å². The first-order chi connectivity index (χ1) is 18.7. The molecule has 3 heterocycles. The van der Waals surface area contributed by atoms with Crippen molar-refractivity contribution in [1.82, 2.24) is 34.8 Å². The average molecular weight is 560 g/mol. The van der Waals surface area contributed by atoms with Gasteiger partial charge in [0.05, 0.1) is 29.5 Å². The van der Waals surface area contributed by atoms with Crippen LogP contribution in [0.1, 0.15) is 26.5 Å². The number of alkyl carbamates (subject to hydrolysis) is 1. The molecule has 0 spiro atoms. The number of pyridine rings is 1. The molecule has 0 fully saturated rings. The normalized spacial score (nSPS) is 11.9. The molecular formula is C26H28F3N7O4. The first-order valence-electron chi connectivity index (χ1n) is 12.1. The summed E-state index contributed by atoms with van der Waals surface area (Å²) in [6, 6.07) is 6.92. The first-order valence-corrected chi connectivity index (χ1v) is 12.1. The van der Waals surface area contributed by atoms with E-state index in [9.17, 15) is 22.8 Å². The molecule has 1 aromatic carbocycles. The summed E-state index contributed by atoms with van der Waals surface area (Å²) in [6.07, 6.45) is -0.599. The van der Waals surface area contributed by atoms with Gasteiger partial charge in [-0.15, -0.1) is 13.2 Å². The summed E-state index contributed by atoms with van der Waals surface area (Å²) in [5.74, 6) is -0.518. The van der Waals surface area contributed by atoms with E-state index in [1.54, 1.807) is 59.5 Å². The van der Waals surface area contributed by atoms with Crippen molar-refractivity contribution in [3.8, 4) is 22.6 Å². The van der Waals surface area contributed by atoms with Crippen molar-refractivity contribution in [3.05, 3.63) is 54.6 Å². The number of nitrogens with one attached hydrogen (secondary N) is 1. The van der Waals surface area contributed by atoms with Crippen molar-refractivity contribution in [2.24, 2.45) is 0 Å². The van der Waals surface area contributed by atoms with Crippen LogP contribution in [0.2, 0.25) is 0 Å². The Morgan fingerprint density at radius 2 is 1.77 bits per heavy atom. The number of likely N-dealkylation sites (N-methyl/N-ethyl adjacent to an activating group) is 1. The van der Waals surface area contributed by atoms with Crippen molar-refractivity contribution >= 4 is 23.0 Å². The summed E-state index contributed by atoms with van der Waals surface area (Å²) < 4.78 is 50.1. The zero-order chi connectivity index (χ0) is 29.2. The maximum Gasteiger partial charge on any atom is 0.573 e. The minimum absolute atomic E-state index is 0.0281. The molecule has 0 saturated heterocycles. The van der Waals surface area contributed by atoms with E-state index in [4.69, 9.17) is 4.74 Å². The Hall–Kier alpha value is -4.62. The molecule has 40 heavy (non-hydrogen) atoms. The number of carbonyl (C=O) groups is 2. The molecule has 0 aliphatic carbocycles. The molecule has 2 amide bonds. The van der Waals surface area contributed by atoms with Crippen LogP contribution in [0.4, 0.5) is 18.0 Å². The van der Waals surface area contributed by atoms with Gasteiger partial charge in [0.25, 0.3) is 0 Å². The standard InChI is InChI=1S/C26H28F3N7O4/c1-25(2,3)40-24(38)31-13-20-22-19(16-12-32-35(14-16)15-21(37)34(4)5)10-11-30-23(22)36(33-20)17-6-8-18(9-7-17)39-26(27,28)29/h6-12,14H,13,15H2,1-5H3,(H,31,38). The van der Waals surface area contributed by atoms with E-state index in [1.807, 2.05) is 0 Å². The van der Waals surface area contributed by atoms with E-state index in [0.717, 1.165) is 0 Å². The minimum atomic E-state index is -4.82. The third-order valence-corrected chi connectivity index (χ3v) is 5.50. The van der Waals surface area contributed by atoms with Crippen LogP contribution in [-0.2, 0) is 22.6 Å². The van der Waals surface area contributed by atoms with Gasteiger partial charge in [0.2, 0.25) is 5.91 Å². The van der Waals surface area contributed by atoms with E-state index in [-0.39, 0.29) is 24.7 Å². The van der Waals surface area contributed by atoms with Gasteiger partial charge in [0, 0.05) is 32.1 Å². The maximum absolute atomic E-state index is 12.6. The second-order valence-corrected chi connectivity index (χ2v) is 10.0. The van der Waals surface area contributed by atoms with Crippen molar-refractivity contribution < 1.29 is 32.2 Å². The Kier molecular flexibility index (Phi) is 7.71. The third-order valence-electron chi connectivity index (χ3n) is 5.50. The number of ether oxygens (including phenoxy) is 2. The minimum Gasteiger partial charge on any atom is -0.444 e. The number of halogens is 3. The Balaban J connectivity index is 1.76. The molecule has 212 valence electrons. The SMILES string of the molecule is CN(C)C(=O)Cn1cc(-c2ccnc3c2c(CNC(=O)OC(C)(C)C)nn3-c2ccc(OC(F)(F)F)cc2)cn1. The fraction of sp³-hybridized carbons (Fsp3) is 0.346.